The third-order valence-electron chi connectivity index (χ3n) is 2.94. The van der Waals surface area contributed by atoms with Gasteiger partial charge < -0.3 is 10.0 Å². The first-order chi connectivity index (χ1) is 6.13. The molecule has 1 saturated heterocycles. The highest BCUT2D eigenvalue weighted by molar-refractivity contribution is 4.81. The average Bonchev–Trinajstić information content (AvgIpc) is 2.00. The molecule has 13 heavy (non-hydrogen) atoms. The van der Waals surface area contributed by atoms with E-state index < -0.39 is 0 Å². The summed E-state index contributed by atoms with van der Waals surface area (Å²) in [4.78, 5) is 2.37. The molecular weight excluding hydrogens is 162 g/mol. The zero-order valence-electron chi connectivity index (χ0n) is 9.16. The Morgan fingerprint density at radius 1 is 1.38 bits per heavy atom. The summed E-state index contributed by atoms with van der Waals surface area (Å²) in [6, 6.07) is 0. The van der Waals surface area contributed by atoms with Gasteiger partial charge in [-0.25, -0.2) is 0 Å². The van der Waals surface area contributed by atoms with E-state index in [1.807, 2.05) is 0 Å². The van der Waals surface area contributed by atoms with Crippen molar-refractivity contribution < 1.29 is 5.11 Å². The maximum absolute atomic E-state index is 9.64. The summed E-state index contributed by atoms with van der Waals surface area (Å²) in [5.74, 6) is 1.30. The molecule has 0 aromatic heterocycles. The molecule has 78 valence electrons. The van der Waals surface area contributed by atoms with E-state index in [1.54, 1.807) is 0 Å². The summed E-state index contributed by atoms with van der Waals surface area (Å²) >= 11 is 0. The maximum Gasteiger partial charge on any atom is 0.0689 e. The Balaban J connectivity index is 2.07. The molecule has 1 unspecified atom stereocenters. The van der Waals surface area contributed by atoms with Gasteiger partial charge in [0.2, 0.25) is 0 Å². The third kappa shape index (κ3) is 3.28. The van der Waals surface area contributed by atoms with Crippen molar-refractivity contribution in [3.05, 3.63) is 0 Å². The maximum atomic E-state index is 9.64. The van der Waals surface area contributed by atoms with E-state index in [1.165, 1.54) is 25.9 Å². The Bertz CT molecular complexity index is 141. The van der Waals surface area contributed by atoms with Crippen molar-refractivity contribution in [3.8, 4) is 0 Å². The highest BCUT2D eigenvalue weighted by Gasteiger charge is 2.27. The molecule has 0 aromatic carbocycles. The second-order valence-corrected chi connectivity index (χ2v) is 4.68. The minimum Gasteiger partial charge on any atom is -0.392 e. The van der Waals surface area contributed by atoms with Crippen molar-refractivity contribution in [2.24, 2.45) is 11.8 Å². The van der Waals surface area contributed by atoms with Crippen LogP contribution in [0.5, 0.6) is 0 Å². The summed E-state index contributed by atoms with van der Waals surface area (Å²) < 4.78 is 0. The SMILES string of the molecule is CCCC1CN(CC(O)C(C)C)C1. The highest BCUT2D eigenvalue weighted by Crippen LogP contribution is 2.21. The Hall–Kier alpha value is -0.0800. The predicted octanol–water partition coefficient (Wildman–Crippen LogP) is 1.74. The van der Waals surface area contributed by atoms with Gasteiger partial charge in [0.05, 0.1) is 6.10 Å². The van der Waals surface area contributed by atoms with E-state index in [4.69, 9.17) is 0 Å². The van der Waals surface area contributed by atoms with E-state index in [0.29, 0.717) is 5.92 Å². The topological polar surface area (TPSA) is 23.5 Å². The Kier molecular flexibility index (Phi) is 4.20. The number of aliphatic hydroxyl groups excluding tert-OH is 1. The molecule has 1 heterocycles. The summed E-state index contributed by atoms with van der Waals surface area (Å²) in [5.41, 5.74) is 0. The number of hydrogen-bond acceptors (Lipinski definition) is 2. The lowest BCUT2D eigenvalue weighted by Gasteiger charge is -2.40. The van der Waals surface area contributed by atoms with Crippen molar-refractivity contribution in [3.63, 3.8) is 0 Å². The zero-order valence-corrected chi connectivity index (χ0v) is 9.16. The highest BCUT2D eigenvalue weighted by atomic mass is 16.3. The van der Waals surface area contributed by atoms with Gasteiger partial charge in [-0.15, -0.1) is 0 Å². The Labute approximate surface area is 81.9 Å². The molecule has 1 atom stereocenters. The van der Waals surface area contributed by atoms with Gasteiger partial charge in [-0.2, -0.15) is 0 Å². The van der Waals surface area contributed by atoms with Crippen LogP contribution in [0.4, 0.5) is 0 Å². The summed E-state index contributed by atoms with van der Waals surface area (Å²) in [6.07, 6.45) is 2.52. The van der Waals surface area contributed by atoms with Crippen LogP contribution in [-0.2, 0) is 0 Å². The molecule has 1 N–H and O–H groups in total. The Morgan fingerprint density at radius 2 is 2.00 bits per heavy atom. The van der Waals surface area contributed by atoms with Gasteiger partial charge in [0.15, 0.2) is 0 Å². The van der Waals surface area contributed by atoms with Gasteiger partial charge >= 0.3 is 0 Å². The number of rotatable bonds is 5. The fraction of sp³-hybridized carbons (Fsp3) is 1.00. The molecule has 1 aliphatic heterocycles. The minimum atomic E-state index is -0.137. The molecule has 1 rings (SSSR count). The first kappa shape index (κ1) is 11.0. The number of nitrogens with zero attached hydrogens (tertiary/aromatic N) is 1. The molecule has 0 saturated carbocycles. The lowest BCUT2D eigenvalue weighted by Crippen LogP contribution is -2.50. The molecule has 0 aliphatic carbocycles. The monoisotopic (exact) mass is 185 g/mol. The summed E-state index contributed by atoms with van der Waals surface area (Å²) in [6.45, 7) is 9.68. The molecule has 0 spiro atoms. The lowest BCUT2D eigenvalue weighted by molar-refractivity contribution is 0.0186. The van der Waals surface area contributed by atoms with Gasteiger partial charge in [0, 0.05) is 19.6 Å². The first-order valence-corrected chi connectivity index (χ1v) is 5.54. The molecule has 2 nitrogen and oxygen atoms in total. The minimum absolute atomic E-state index is 0.137. The van der Waals surface area contributed by atoms with Crippen LogP contribution in [0.1, 0.15) is 33.6 Å². The van der Waals surface area contributed by atoms with Crippen LogP contribution in [0.25, 0.3) is 0 Å². The van der Waals surface area contributed by atoms with Crippen LogP contribution in [0.15, 0.2) is 0 Å². The normalized spacial score (nSPS) is 21.9. The fourth-order valence-electron chi connectivity index (χ4n) is 1.89. The van der Waals surface area contributed by atoms with E-state index in [9.17, 15) is 5.11 Å². The fourth-order valence-corrected chi connectivity index (χ4v) is 1.89. The van der Waals surface area contributed by atoms with Crippen LogP contribution < -0.4 is 0 Å². The summed E-state index contributed by atoms with van der Waals surface area (Å²) in [5, 5.41) is 9.64. The molecule has 1 fully saturated rings. The lowest BCUT2D eigenvalue weighted by atomic mass is 9.94. The largest absolute Gasteiger partial charge is 0.392 e. The zero-order chi connectivity index (χ0) is 9.84. The van der Waals surface area contributed by atoms with Crippen molar-refractivity contribution >= 4 is 0 Å². The number of β-amino-alcohol motifs (C(OH)–C–C–N with tert-alkyl or cyclic N) is 1. The quantitative estimate of drug-likeness (QED) is 0.705. The average molecular weight is 185 g/mol. The molecule has 0 radical (unpaired) electrons. The van der Waals surface area contributed by atoms with Gasteiger partial charge in [0.1, 0.15) is 0 Å². The van der Waals surface area contributed by atoms with E-state index in [0.717, 1.165) is 12.5 Å². The van der Waals surface area contributed by atoms with Gasteiger partial charge in [0.25, 0.3) is 0 Å². The van der Waals surface area contributed by atoms with Gasteiger partial charge in [-0.05, 0) is 18.3 Å². The van der Waals surface area contributed by atoms with Crippen molar-refractivity contribution in [1.82, 2.24) is 4.90 Å². The van der Waals surface area contributed by atoms with Crippen LogP contribution in [0.3, 0.4) is 0 Å². The van der Waals surface area contributed by atoms with Crippen LogP contribution in [0.2, 0.25) is 0 Å². The molecular formula is C11H23NO. The second-order valence-electron chi connectivity index (χ2n) is 4.68. The van der Waals surface area contributed by atoms with Crippen molar-refractivity contribution in [1.29, 1.82) is 0 Å². The first-order valence-electron chi connectivity index (χ1n) is 5.54. The standard InChI is InChI=1S/C11H23NO/c1-4-5-10-6-12(7-10)8-11(13)9(2)3/h9-11,13H,4-8H2,1-3H3. The van der Waals surface area contributed by atoms with E-state index >= 15 is 0 Å². The van der Waals surface area contributed by atoms with Crippen molar-refractivity contribution in [2.75, 3.05) is 19.6 Å². The number of aliphatic hydroxyl groups is 1. The molecule has 0 aromatic rings. The van der Waals surface area contributed by atoms with Crippen LogP contribution in [-0.4, -0.2) is 35.7 Å². The predicted molar refractivity (Wildman–Crippen MR) is 55.7 cm³/mol. The molecule has 0 bridgehead atoms. The molecule has 1 aliphatic rings. The van der Waals surface area contributed by atoms with Crippen LogP contribution in [0, 0.1) is 11.8 Å². The van der Waals surface area contributed by atoms with Crippen molar-refractivity contribution in [2.45, 2.75) is 39.7 Å². The van der Waals surface area contributed by atoms with Crippen LogP contribution >= 0.6 is 0 Å². The van der Waals surface area contributed by atoms with Gasteiger partial charge in [-0.1, -0.05) is 27.2 Å². The summed E-state index contributed by atoms with van der Waals surface area (Å²) in [7, 11) is 0. The third-order valence-corrected chi connectivity index (χ3v) is 2.94. The smallest absolute Gasteiger partial charge is 0.0689 e. The number of likely N-dealkylation sites (tertiary alicyclic amines) is 1. The Morgan fingerprint density at radius 3 is 2.46 bits per heavy atom. The number of hydrogen-bond donors (Lipinski definition) is 1. The van der Waals surface area contributed by atoms with Gasteiger partial charge in [-0.3, -0.25) is 0 Å². The van der Waals surface area contributed by atoms with E-state index in [-0.39, 0.29) is 6.10 Å². The van der Waals surface area contributed by atoms with E-state index in [2.05, 4.69) is 25.7 Å². The molecule has 2 heteroatoms. The molecule has 0 amide bonds. The second kappa shape index (κ2) is 4.97.